The van der Waals surface area contributed by atoms with Gasteiger partial charge in [0.25, 0.3) is 0 Å². The molecule has 1 aromatic carbocycles. The lowest BCUT2D eigenvalue weighted by Crippen LogP contribution is -1.80. The van der Waals surface area contributed by atoms with Gasteiger partial charge in [0, 0.05) is 17.6 Å². The summed E-state index contributed by atoms with van der Waals surface area (Å²) in [6.07, 6.45) is 1.56. The number of hydrogen-bond donors (Lipinski definition) is 1. The third-order valence-corrected chi connectivity index (χ3v) is 1.65. The van der Waals surface area contributed by atoms with E-state index in [-0.39, 0.29) is 23.1 Å². The number of halogens is 1. The molecule has 2 aromatic rings. The van der Waals surface area contributed by atoms with Crippen molar-refractivity contribution >= 4 is 28.3 Å². The van der Waals surface area contributed by atoms with Gasteiger partial charge in [-0.1, -0.05) is 6.07 Å². The summed E-state index contributed by atoms with van der Waals surface area (Å²) in [5, 5.41) is 9.86. The lowest BCUT2D eigenvalue weighted by atomic mass is 10.2. The lowest BCUT2D eigenvalue weighted by molar-refractivity contribution is 0.474. The van der Waals surface area contributed by atoms with E-state index in [0.29, 0.717) is 10.9 Å². The van der Waals surface area contributed by atoms with Crippen molar-refractivity contribution in [2.75, 3.05) is 0 Å². The quantitative estimate of drug-likeness (QED) is 0.630. The first-order valence-corrected chi connectivity index (χ1v) is 3.50. The van der Waals surface area contributed by atoms with Crippen LogP contribution in [0.2, 0.25) is 0 Å². The van der Waals surface area contributed by atoms with Crippen LogP contribution >= 0.6 is 0 Å². The molecule has 2 rings (SSSR count). The number of aromatic nitrogens is 1. The average molecular weight is 193 g/mol. The molecule has 1 aromatic heterocycles. The third kappa shape index (κ3) is 1.80. The maximum Gasteiger partial charge on any atom is 0.187 e. The second-order valence-corrected chi connectivity index (χ2v) is 2.50. The summed E-state index contributed by atoms with van der Waals surface area (Å²) in [6.45, 7) is 0. The van der Waals surface area contributed by atoms with E-state index >= 15 is 0 Å². The zero-order valence-corrected chi connectivity index (χ0v) is 6.16. The summed E-state index contributed by atoms with van der Waals surface area (Å²) >= 11 is 0. The van der Waals surface area contributed by atoms with Crippen LogP contribution in [0.25, 0.3) is 10.9 Å². The monoisotopic (exact) mass is 193 g/mol. The number of benzene rings is 1. The number of hydrogen-bond acceptors (Lipinski definition) is 2. The van der Waals surface area contributed by atoms with Crippen molar-refractivity contribution < 1.29 is 9.50 Å². The number of aromatic hydroxyl groups is 1. The van der Waals surface area contributed by atoms with Crippen LogP contribution in [0, 0.1) is 5.82 Å². The molecule has 0 unspecified atom stereocenters. The Balaban J connectivity index is 0.000000845. The summed E-state index contributed by atoms with van der Waals surface area (Å²) in [5.41, 5.74) is 0.430. The molecule has 66 valence electrons. The fourth-order valence-corrected chi connectivity index (χ4v) is 1.14. The van der Waals surface area contributed by atoms with E-state index in [1.54, 1.807) is 18.3 Å². The summed E-state index contributed by atoms with van der Waals surface area (Å²) in [7, 11) is 0. The predicted octanol–water partition coefficient (Wildman–Crippen LogP) is 0.896. The number of phenolic OH excluding ortho intramolecular Hbond substituents is 1. The minimum Gasteiger partial charge on any atom is -0.506 e. The Morgan fingerprint density at radius 2 is 2.08 bits per heavy atom. The molecule has 0 spiro atoms. The van der Waals surface area contributed by atoms with Gasteiger partial charge in [0.1, 0.15) is 17.1 Å². The molecule has 0 radical (unpaired) electrons. The van der Waals surface area contributed by atoms with Gasteiger partial charge < -0.3 is 5.11 Å². The molecular formula is C9H9AlFNO. The van der Waals surface area contributed by atoms with Crippen LogP contribution < -0.4 is 0 Å². The minimum atomic E-state index is -0.451. The van der Waals surface area contributed by atoms with Gasteiger partial charge in [-0.3, -0.25) is 4.98 Å². The SMILES string of the molecule is Oc1cc(F)cc2cccnc12.[AlH3]. The van der Waals surface area contributed by atoms with E-state index in [1.807, 2.05) is 0 Å². The van der Waals surface area contributed by atoms with Crippen LogP contribution in [0.1, 0.15) is 0 Å². The molecule has 0 bridgehead atoms. The Morgan fingerprint density at radius 3 is 2.85 bits per heavy atom. The molecule has 0 aliphatic rings. The van der Waals surface area contributed by atoms with Crippen LogP contribution in [0.15, 0.2) is 30.5 Å². The van der Waals surface area contributed by atoms with Crippen molar-refractivity contribution in [1.82, 2.24) is 4.98 Å². The van der Waals surface area contributed by atoms with Gasteiger partial charge in [-0.15, -0.1) is 0 Å². The summed E-state index contributed by atoms with van der Waals surface area (Å²) in [5.74, 6) is -0.571. The Hall–Kier alpha value is -1.11. The highest BCUT2D eigenvalue weighted by atomic mass is 27.0. The van der Waals surface area contributed by atoms with E-state index in [4.69, 9.17) is 0 Å². The minimum absolute atomic E-state index is 0. The zero-order chi connectivity index (χ0) is 8.55. The number of nitrogens with zero attached hydrogens (tertiary/aromatic N) is 1. The lowest BCUT2D eigenvalue weighted by Gasteiger charge is -1.98. The van der Waals surface area contributed by atoms with Gasteiger partial charge in [0.05, 0.1) is 0 Å². The van der Waals surface area contributed by atoms with Gasteiger partial charge in [-0.05, 0) is 12.1 Å². The van der Waals surface area contributed by atoms with Crippen LogP contribution in [-0.4, -0.2) is 27.5 Å². The highest BCUT2D eigenvalue weighted by molar-refractivity contribution is 5.83. The van der Waals surface area contributed by atoms with Crippen molar-refractivity contribution in [1.29, 1.82) is 0 Å². The molecule has 4 heteroatoms. The highest BCUT2D eigenvalue weighted by Crippen LogP contribution is 2.22. The van der Waals surface area contributed by atoms with E-state index in [2.05, 4.69) is 4.98 Å². The fraction of sp³-hybridized carbons (Fsp3) is 0. The van der Waals surface area contributed by atoms with E-state index in [0.717, 1.165) is 6.07 Å². The molecule has 1 heterocycles. The first-order chi connectivity index (χ1) is 5.77. The van der Waals surface area contributed by atoms with E-state index in [1.165, 1.54) is 6.07 Å². The van der Waals surface area contributed by atoms with Crippen LogP contribution in [0.4, 0.5) is 4.39 Å². The maximum absolute atomic E-state index is 12.7. The molecule has 13 heavy (non-hydrogen) atoms. The zero-order valence-electron chi connectivity index (χ0n) is 6.16. The maximum atomic E-state index is 12.7. The van der Waals surface area contributed by atoms with Crippen molar-refractivity contribution in [3.8, 4) is 5.75 Å². The Kier molecular flexibility index (Phi) is 2.87. The second kappa shape index (κ2) is 3.74. The fourth-order valence-electron chi connectivity index (χ4n) is 1.14. The molecule has 2 nitrogen and oxygen atoms in total. The van der Waals surface area contributed by atoms with Crippen LogP contribution in [-0.2, 0) is 0 Å². The molecule has 1 N–H and O–H groups in total. The van der Waals surface area contributed by atoms with Crippen molar-refractivity contribution in [3.05, 3.63) is 36.3 Å². The Bertz CT molecular complexity index is 433. The van der Waals surface area contributed by atoms with Crippen molar-refractivity contribution in [3.63, 3.8) is 0 Å². The second-order valence-electron chi connectivity index (χ2n) is 2.50. The smallest absolute Gasteiger partial charge is 0.187 e. The molecule has 0 amide bonds. The first-order valence-electron chi connectivity index (χ1n) is 3.50. The average Bonchev–Trinajstić information content (AvgIpc) is 2.04. The Morgan fingerprint density at radius 1 is 1.31 bits per heavy atom. The third-order valence-electron chi connectivity index (χ3n) is 1.65. The standard InChI is InChI=1S/C9H6FNO.Al.3H/c10-7-4-6-2-1-3-11-9(6)8(12)5-7;;;;/h1-5,12H;;;;. The predicted molar refractivity (Wildman–Crippen MR) is 53.3 cm³/mol. The number of pyridine rings is 1. The van der Waals surface area contributed by atoms with Gasteiger partial charge in [0.2, 0.25) is 0 Å². The van der Waals surface area contributed by atoms with Crippen molar-refractivity contribution in [2.24, 2.45) is 0 Å². The molecular weight excluding hydrogens is 184 g/mol. The van der Waals surface area contributed by atoms with Gasteiger partial charge in [-0.2, -0.15) is 0 Å². The number of phenols is 1. The van der Waals surface area contributed by atoms with Crippen molar-refractivity contribution in [2.45, 2.75) is 0 Å². The van der Waals surface area contributed by atoms with Crippen LogP contribution in [0.5, 0.6) is 5.75 Å². The van der Waals surface area contributed by atoms with Crippen LogP contribution in [0.3, 0.4) is 0 Å². The topological polar surface area (TPSA) is 33.1 Å². The number of rotatable bonds is 0. The normalized spacial score (nSPS) is 9.62. The molecule has 0 atom stereocenters. The first kappa shape index (κ1) is 9.98. The van der Waals surface area contributed by atoms with E-state index in [9.17, 15) is 9.50 Å². The molecule has 0 saturated heterocycles. The Labute approximate surface area is 85.2 Å². The molecule has 0 saturated carbocycles. The van der Waals surface area contributed by atoms with Gasteiger partial charge in [0.15, 0.2) is 17.4 Å². The summed E-state index contributed by atoms with van der Waals surface area (Å²) in [4.78, 5) is 3.91. The molecule has 0 aliphatic heterocycles. The molecule has 0 aliphatic carbocycles. The van der Waals surface area contributed by atoms with E-state index < -0.39 is 5.82 Å². The number of fused-ring (bicyclic) bond motifs is 1. The molecule has 0 fully saturated rings. The summed E-state index contributed by atoms with van der Waals surface area (Å²) < 4.78 is 12.7. The summed E-state index contributed by atoms with van der Waals surface area (Å²) in [6, 6.07) is 5.78. The van der Waals surface area contributed by atoms with Gasteiger partial charge in [-0.25, -0.2) is 4.39 Å². The largest absolute Gasteiger partial charge is 0.506 e. The van der Waals surface area contributed by atoms with Gasteiger partial charge >= 0.3 is 0 Å². The highest BCUT2D eigenvalue weighted by Gasteiger charge is 2.01.